The molecule has 0 aliphatic carbocycles. The predicted molar refractivity (Wildman–Crippen MR) is 80.5 cm³/mol. The van der Waals surface area contributed by atoms with Crippen LogP contribution in [0.4, 0.5) is 0 Å². The molecule has 1 saturated heterocycles. The monoisotopic (exact) mass is 303 g/mol. The highest BCUT2D eigenvalue weighted by Crippen LogP contribution is 2.40. The number of hydrogen-bond acceptors (Lipinski definition) is 4. The zero-order chi connectivity index (χ0) is 14.9. The van der Waals surface area contributed by atoms with Gasteiger partial charge in [-0.25, -0.2) is 0 Å². The van der Waals surface area contributed by atoms with Gasteiger partial charge in [-0.05, 0) is 18.9 Å². The Labute approximate surface area is 129 Å². The molecule has 1 N–H and O–H groups in total. The molecule has 5 nitrogen and oxygen atoms in total. The van der Waals surface area contributed by atoms with Gasteiger partial charge < -0.3 is 19.5 Å². The number of ether oxygens (including phenoxy) is 3. The minimum Gasteiger partial charge on any atom is -0.493 e. The first-order chi connectivity index (χ1) is 10.8. The fourth-order valence-corrected chi connectivity index (χ4v) is 3.53. The Kier molecular flexibility index (Phi) is 3.66. The minimum absolute atomic E-state index is 0.0356. The van der Waals surface area contributed by atoms with Crippen LogP contribution in [0.3, 0.4) is 0 Å². The van der Waals surface area contributed by atoms with Gasteiger partial charge in [0.2, 0.25) is 5.91 Å². The van der Waals surface area contributed by atoms with E-state index in [4.69, 9.17) is 14.2 Å². The van der Waals surface area contributed by atoms with Gasteiger partial charge in [0.1, 0.15) is 11.5 Å². The normalized spacial score (nSPS) is 21.9. The van der Waals surface area contributed by atoms with Gasteiger partial charge in [-0.3, -0.25) is 4.79 Å². The number of nitrogens with one attached hydrogen (secondary N) is 1. The second kappa shape index (κ2) is 5.80. The number of amides is 1. The molecule has 0 aromatic heterocycles. The third kappa shape index (κ3) is 2.54. The Balaban J connectivity index is 1.49. The molecule has 1 unspecified atom stereocenters. The maximum atomic E-state index is 12.3. The highest BCUT2D eigenvalue weighted by atomic mass is 16.5. The third-order valence-electron chi connectivity index (χ3n) is 4.65. The molecule has 118 valence electrons. The molecule has 0 radical (unpaired) electrons. The van der Waals surface area contributed by atoms with Gasteiger partial charge >= 0.3 is 0 Å². The fourth-order valence-electron chi connectivity index (χ4n) is 3.53. The molecule has 0 saturated carbocycles. The molecule has 3 aliphatic rings. The summed E-state index contributed by atoms with van der Waals surface area (Å²) in [4.78, 5) is 12.3. The lowest BCUT2D eigenvalue weighted by Crippen LogP contribution is -2.33. The molecule has 0 spiro atoms. The van der Waals surface area contributed by atoms with E-state index >= 15 is 0 Å². The maximum Gasteiger partial charge on any atom is 0.224 e. The van der Waals surface area contributed by atoms with Crippen LogP contribution in [0.2, 0.25) is 0 Å². The van der Waals surface area contributed by atoms with Gasteiger partial charge in [0, 0.05) is 42.7 Å². The fraction of sp³-hybridized carbons (Fsp3) is 0.588. The number of carbonyl (C=O) groups is 1. The van der Waals surface area contributed by atoms with Gasteiger partial charge in [0.25, 0.3) is 0 Å². The average Bonchev–Trinajstić information content (AvgIpc) is 3.25. The van der Waals surface area contributed by atoms with Crippen molar-refractivity contribution in [3.63, 3.8) is 0 Å². The van der Waals surface area contributed by atoms with Crippen LogP contribution in [-0.4, -0.2) is 38.4 Å². The van der Waals surface area contributed by atoms with E-state index in [0.717, 1.165) is 54.9 Å². The summed E-state index contributed by atoms with van der Waals surface area (Å²) >= 11 is 0. The largest absolute Gasteiger partial charge is 0.493 e. The third-order valence-corrected chi connectivity index (χ3v) is 4.65. The molecule has 1 aromatic rings. The van der Waals surface area contributed by atoms with E-state index in [0.29, 0.717) is 26.2 Å². The SMILES string of the molecule is O=C(Cc1c2c(cc3c1OCC3)OCC2)NCC1CCCO1. The summed E-state index contributed by atoms with van der Waals surface area (Å²) in [6.07, 6.45) is 4.42. The molecule has 22 heavy (non-hydrogen) atoms. The van der Waals surface area contributed by atoms with Crippen molar-refractivity contribution >= 4 is 5.91 Å². The summed E-state index contributed by atoms with van der Waals surface area (Å²) in [5.41, 5.74) is 3.34. The Bertz CT molecular complexity index is 561. The van der Waals surface area contributed by atoms with E-state index in [9.17, 15) is 4.79 Å². The molecule has 1 fully saturated rings. The molecular weight excluding hydrogens is 282 g/mol. The summed E-state index contributed by atoms with van der Waals surface area (Å²) in [7, 11) is 0. The van der Waals surface area contributed by atoms with E-state index in [2.05, 4.69) is 11.4 Å². The smallest absolute Gasteiger partial charge is 0.224 e. The highest BCUT2D eigenvalue weighted by Gasteiger charge is 2.27. The second-order valence-electron chi connectivity index (χ2n) is 6.13. The van der Waals surface area contributed by atoms with Crippen LogP contribution in [0.25, 0.3) is 0 Å². The number of hydrogen-bond donors (Lipinski definition) is 1. The second-order valence-corrected chi connectivity index (χ2v) is 6.13. The van der Waals surface area contributed by atoms with E-state index < -0.39 is 0 Å². The number of rotatable bonds is 4. The van der Waals surface area contributed by atoms with Crippen molar-refractivity contribution in [2.75, 3.05) is 26.4 Å². The van der Waals surface area contributed by atoms with Gasteiger partial charge in [-0.1, -0.05) is 0 Å². The first-order valence-electron chi connectivity index (χ1n) is 8.13. The van der Waals surface area contributed by atoms with Crippen LogP contribution < -0.4 is 14.8 Å². The summed E-state index contributed by atoms with van der Waals surface area (Å²) in [6, 6.07) is 2.08. The van der Waals surface area contributed by atoms with Crippen LogP contribution in [0.15, 0.2) is 6.07 Å². The average molecular weight is 303 g/mol. The van der Waals surface area contributed by atoms with Gasteiger partial charge in [-0.2, -0.15) is 0 Å². The summed E-state index contributed by atoms with van der Waals surface area (Å²) in [6.45, 7) is 2.81. The maximum absolute atomic E-state index is 12.3. The Hall–Kier alpha value is -1.75. The predicted octanol–water partition coefficient (Wildman–Crippen LogP) is 1.39. The molecule has 0 bridgehead atoms. The van der Waals surface area contributed by atoms with E-state index in [1.807, 2.05) is 0 Å². The number of benzene rings is 1. The lowest BCUT2D eigenvalue weighted by Gasteiger charge is -2.14. The number of fused-ring (bicyclic) bond motifs is 2. The standard InChI is InChI=1S/C17H21NO4/c19-16(18-10-12-2-1-5-20-12)9-14-13-4-7-21-15(13)8-11-3-6-22-17(11)14/h8,12H,1-7,9-10H2,(H,18,19). The van der Waals surface area contributed by atoms with E-state index in [1.54, 1.807) is 0 Å². The zero-order valence-electron chi connectivity index (χ0n) is 12.7. The van der Waals surface area contributed by atoms with E-state index in [-0.39, 0.29) is 12.0 Å². The molecule has 3 aliphatic heterocycles. The summed E-state index contributed by atoms with van der Waals surface area (Å²) in [5, 5.41) is 3.00. The van der Waals surface area contributed by atoms with Gasteiger partial charge in [0.15, 0.2) is 0 Å². The molecule has 3 heterocycles. The van der Waals surface area contributed by atoms with E-state index in [1.165, 1.54) is 5.56 Å². The Morgan fingerprint density at radius 2 is 2.14 bits per heavy atom. The lowest BCUT2D eigenvalue weighted by molar-refractivity contribution is -0.121. The van der Waals surface area contributed by atoms with Crippen molar-refractivity contribution in [2.45, 2.75) is 38.2 Å². The topological polar surface area (TPSA) is 56.8 Å². The van der Waals surface area contributed by atoms with Crippen molar-refractivity contribution in [2.24, 2.45) is 0 Å². The van der Waals surface area contributed by atoms with Crippen LogP contribution in [0, 0.1) is 0 Å². The van der Waals surface area contributed by atoms with Gasteiger partial charge in [-0.15, -0.1) is 0 Å². The lowest BCUT2D eigenvalue weighted by atomic mass is 9.97. The molecule has 1 amide bonds. The highest BCUT2D eigenvalue weighted by molar-refractivity contribution is 5.80. The molecule has 1 atom stereocenters. The summed E-state index contributed by atoms with van der Waals surface area (Å²) < 4.78 is 17.0. The van der Waals surface area contributed by atoms with Crippen LogP contribution in [-0.2, 0) is 28.8 Å². The van der Waals surface area contributed by atoms with Crippen LogP contribution in [0.1, 0.15) is 29.5 Å². The molecule has 4 rings (SSSR count). The van der Waals surface area contributed by atoms with Crippen LogP contribution >= 0.6 is 0 Å². The molecular formula is C17H21NO4. The minimum atomic E-state index is 0.0356. The number of carbonyl (C=O) groups excluding carboxylic acids is 1. The first-order valence-corrected chi connectivity index (χ1v) is 8.13. The van der Waals surface area contributed by atoms with Crippen molar-refractivity contribution in [3.05, 3.63) is 22.8 Å². The van der Waals surface area contributed by atoms with Crippen molar-refractivity contribution in [1.82, 2.24) is 5.32 Å². The molecule has 1 aromatic carbocycles. The quantitative estimate of drug-likeness (QED) is 0.913. The molecule has 5 heteroatoms. The van der Waals surface area contributed by atoms with Crippen LogP contribution in [0.5, 0.6) is 11.5 Å². The first kappa shape index (κ1) is 13.9. The summed E-state index contributed by atoms with van der Waals surface area (Å²) in [5.74, 6) is 1.89. The Morgan fingerprint density at radius 1 is 1.23 bits per heavy atom. The van der Waals surface area contributed by atoms with Gasteiger partial charge in [0.05, 0.1) is 25.7 Å². The Morgan fingerprint density at radius 3 is 3.00 bits per heavy atom. The van der Waals surface area contributed by atoms with Crippen molar-refractivity contribution in [1.29, 1.82) is 0 Å². The van der Waals surface area contributed by atoms with Crippen molar-refractivity contribution < 1.29 is 19.0 Å². The zero-order valence-corrected chi connectivity index (χ0v) is 12.7. The van der Waals surface area contributed by atoms with Crippen molar-refractivity contribution in [3.8, 4) is 11.5 Å².